The topological polar surface area (TPSA) is 132 Å². The molecule has 1 aromatic heterocycles. The van der Waals surface area contributed by atoms with Gasteiger partial charge in [-0.3, -0.25) is 9.59 Å². The second-order valence-electron chi connectivity index (χ2n) is 9.12. The zero-order chi connectivity index (χ0) is 25.4. The van der Waals surface area contributed by atoms with Gasteiger partial charge in [0.2, 0.25) is 33.6 Å². The Bertz CT molecular complexity index is 1360. The van der Waals surface area contributed by atoms with E-state index in [0.29, 0.717) is 5.82 Å². The highest BCUT2D eigenvalue weighted by Crippen LogP contribution is 2.34. The van der Waals surface area contributed by atoms with Gasteiger partial charge in [-0.2, -0.15) is 4.98 Å². The van der Waals surface area contributed by atoms with Crippen LogP contribution < -0.4 is 14.4 Å². The first-order valence-electron chi connectivity index (χ1n) is 11.0. The van der Waals surface area contributed by atoms with E-state index in [1.165, 1.54) is 25.3 Å². The molecule has 10 nitrogen and oxygen atoms in total. The maximum Gasteiger partial charge on any atom is 0.242 e. The van der Waals surface area contributed by atoms with E-state index < -0.39 is 21.8 Å². The van der Waals surface area contributed by atoms with Crippen molar-refractivity contribution in [2.75, 3.05) is 12.0 Å². The van der Waals surface area contributed by atoms with Crippen LogP contribution in [0.5, 0.6) is 5.75 Å². The van der Waals surface area contributed by atoms with E-state index in [2.05, 4.69) is 35.6 Å². The van der Waals surface area contributed by atoms with E-state index in [0.717, 1.165) is 16.0 Å². The number of ether oxygens (including phenoxy) is 1. The van der Waals surface area contributed by atoms with Crippen LogP contribution >= 0.6 is 0 Å². The van der Waals surface area contributed by atoms with Crippen LogP contribution in [0, 0.1) is 0 Å². The van der Waals surface area contributed by atoms with Gasteiger partial charge in [-0.15, -0.1) is 0 Å². The van der Waals surface area contributed by atoms with Crippen molar-refractivity contribution in [1.29, 1.82) is 0 Å². The number of methoxy groups -OCH3 is 1. The number of hydrogen-bond donors (Lipinski definition) is 1. The normalized spacial score (nSPS) is 14.6. The second kappa shape index (κ2) is 9.23. The first-order chi connectivity index (χ1) is 16.5. The number of carbonyl (C=O) groups is 2. The fourth-order valence-electron chi connectivity index (χ4n) is 3.66. The van der Waals surface area contributed by atoms with Crippen LogP contribution in [0.15, 0.2) is 51.9 Å². The van der Waals surface area contributed by atoms with Crippen molar-refractivity contribution >= 4 is 27.5 Å². The Hall–Kier alpha value is -3.57. The van der Waals surface area contributed by atoms with Gasteiger partial charge in [0, 0.05) is 18.4 Å². The molecular weight excluding hydrogens is 472 g/mol. The third kappa shape index (κ3) is 5.10. The van der Waals surface area contributed by atoms with Crippen molar-refractivity contribution in [3.05, 3.63) is 53.9 Å². The molecule has 0 bridgehead atoms. The maximum absolute atomic E-state index is 12.9. The van der Waals surface area contributed by atoms with Gasteiger partial charge in [-0.25, -0.2) is 18.0 Å². The van der Waals surface area contributed by atoms with Gasteiger partial charge in [0.15, 0.2) is 0 Å². The summed E-state index contributed by atoms with van der Waals surface area (Å²) in [5.74, 6) is -0.180. The fraction of sp³-hybridized carbons (Fsp3) is 0.333. The number of rotatable bonds is 7. The predicted molar refractivity (Wildman–Crippen MR) is 127 cm³/mol. The highest BCUT2D eigenvalue weighted by atomic mass is 32.2. The summed E-state index contributed by atoms with van der Waals surface area (Å²) < 4.78 is 38.7. The Morgan fingerprint density at radius 3 is 2.31 bits per heavy atom. The summed E-state index contributed by atoms with van der Waals surface area (Å²) >= 11 is 0. The SMILES string of the molecule is COc1ccc(S(=O)(=O)NCc2nc(-c3ccc(C(C)(C)C)cc3)no2)cc1N1C(=O)CCC1=O. The van der Waals surface area contributed by atoms with Gasteiger partial charge in [-0.1, -0.05) is 50.2 Å². The summed E-state index contributed by atoms with van der Waals surface area (Å²) in [4.78, 5) is 29.4. The molecule has 0 unspecified atom stereocenters. The van der Waals surface area contributed by atoms with Crippen LogP contribution in [0.3, 0.4) is 0 Å². The lowest BCUT2D eigenvalue weighted by Gasteiger charge is -2.18. The maximum atomic E-state index is 12.9. The van der Waals surface area contributed by atoms with E-state index in [4.69, 9.17) is 9.26 Å². The number of benzene rings is 2. The number of nitrogens with zero attached hydrogens (tertiary/aromatic N) is 3. The van der Waals surface area contributed by atoms with E-state index in [1.54, 1.807) is 0 Å². The summed E-state index contributed by atoms with van der Waals surface area (Å²) in [5.41, 5.74) is 2.00. The molecule has 1 fully saturated rings. The van der Waals surface area contributed by atoms with Crippen molar-refractivity contribution in [2.45, 2.75) is 50.5 Å². The molecule has 1 saturated heterocycles. The van der Waals surface area contributed by atoms with Crippen LogP contribution in [0.1, 0.15) is 45.1 Å². The number of aromatic nitrogens is 2. The molecule has 11 heteroatoms. The van der Waals surface area contributed by atoms with Crippen molar-refractivity contribution in [1.82, 2.24) is 14.9 Å². The van der Waals surface area contributed by atoms with Crippen molar-refractivity contribution < 1.29 is 27.3 Å². The predicted octanol–water partition coefficient (Wildman–Crippen LogP) is 3.17. The lowest BCUT2D eigenvalue weighted by atomic mass is 9.87. The lowest BCUT2D eigenvalue weighted by Crippen LogP contribution is -2.29. The summed E-state index contributed by atoms with van der Waals surface area (Å²) in [7, 11) is -2.66. The smallest absolute Gasteiger partial charge is 0.242 e. The Balaban J connectivity index is 1.51. The quantitative estimate of drug-likeness (QED) is 0.491. The molecule has 184 valence electrons. The summed E-state index contributed by atoms with van der Waals surface area (Å²) in [5, 5.41) is 3.94. The number of carbonyl (C=O) groups excluding carboxylic acids is 2. The Morgan fingerprint density at radius 2 is 1.71 bits per heavy atom. The number of imide groups is 1. The summed E-state index contributed by atoms with van der Waals surface area (Å²) in [6.45, 7) is 6.12. The molecule has 0 aliphatic carbocycles. The minimum absolute atomic E-state index is 0.00982. The molecule has 2 aromatic carbocycles. The number of sulfonamides is 1. The highest BCUT2D eigenvalue weighted by molar-refractivity contribution is 7.89. The zero-order valence-electron chi connectivity index (χ0n) is 19.9. The van der Waals surface area contributed by atoms with Crippen LogP contribution in [0.25, 0.3) is 11.4 Å². The summed E-state index contributed by atoms with van der Waals surface area (Å²) in [6.07, 6.45) is 0.130. The van der Waals surface area contributed by atoms with Gasteiger partial charge in [0.1, 0.15) is 5.75 Å². The van der Waals surface area contributed by atoms with Crippen molar-refractivity contribution in [3.63, 3.8) is 0 Å². The molecular formula is C24H26N4O6S. The van der Waals surface area contributed by atoms with Gasteiger partial charge in [-0.05, 0) is 29.2 Å². The Kier molecular flexibility index (Phi) is 6.48. The molecule has 35 heavy (non-hydrogen) atoms. The van der Waals surface area contributed by atoms with Crippen LogP contribution in [0.4, 0.5) is 5.69 Å². The monoisotopic (exact) mass is 498 g/mol. The molecule has 0 atom stereocenters. The molecule has 0 saturated carbocycles. The standard InChI is InChI=1S/C24H26N4O6S/c1-24(2,3)16-7-5-15(6-8-16)23-26-20(34-27-23)14-25-35(31,32)17-9-10-19(33-4)18(13-17)28-21(29)11-12-22(28)30/h5-10,13,25H,11-12,14H2,1-4H3. The zero-order valence-corrected chi connectivity index (χ0v) is 20.7. The Labute approximate surface area is 203 Å². The minimum atomic E-state index is -4.03. The number of amides is 2. The second-order valence-corrected chi connectivity index (χ2v) is 10.9. The van der Waals surface area contributed by atoms with Gasteiger partial charge < -0.3 is 9.26 Å². The molecule has 3 aromatic rings. The van der Waals surface area contributed by atoms with Crippen LogP contribution in [0.2, 0.25) is 0 Å². The van der Waals surface area contributed by atoms with Gasteiger partial charge in [0.25, 0.3) is 0 Å². The average molecular weight is 499 g/mol. The molecule has 1 aliphatic heterocycles. The average Bonchev–Trinajstić information content (AvgIpc) is 3.43. The molecule has 2 heterocycles. The molecule has 1 aliphatic rings. The molecule has 0 spiro atoms. The number of anilines is 1. The number of nitrogens with one attached hydrogen (secondary N) is 1. The van der Waals surface area contributed by atoms with E-state index >= 15 is 0 Å². The first-order valence-corrected chi connectivity index (χ1v) is 12.4. The van der Waals surface area contributed by atoms with E-state index in [-0.39, 0.29) is 47.0 Å². The van der Waals surface area contributed by atoms with E-state index in [1.807, 2.05) is 24.3 Å². The summed E-state index contributed by atoms with van der Waals surface area (Å²) in [6, 6.07) is 11.7. The van der Waals surface area contributed by atoms with Gasteiger partial charge >= 0.3 is 0 Å². The van der Waals surface area contributed by atoms with Crippen LogP contribution in [-0.4, -0.2) is 37.5 Å². The van der Waals surface area contributed by atoms with Gasteiger partial charge in [0.05, 0.1) is 24.2 Å². The molecule has 0 radical (unpaired) electrons. The van der Waals surface area contributed by atoms with Crippen LogP contribution in [-0.2, 0) is 31.6 Å². The minimum Gasteiger partial charge on any atom is -0.495 e. The van der Waals surface area contributed by atoms with E-state index in [9.17, 15) is 18.0 Å². The van der Waals surface area contributed by atoms with Crippen molar-refractivity contribution in [3.8, 4) is 17.1 Å². The molecule has 1 N–H and O–H groups in total. The molecule has 2 amide bonds. The first kappa shape index (κ1) is 24.6. The third-order valence-corrected chi connectivity index (χ3v) is 7.04. The molecule has 4 rings (SSSR count). The largest absolute Gasteiger partial charge is 0.495 e. The number of hydrogen-bond acceptors (Lipinski definition) is 8. The fourth-order valence-corrected chi connectivity index (χ4v) is 4.65. The van der Waals surface area contributed by atoms with Crippen molar-refractivity contribution in [2.24, 2.45) is 0 Å². The Morgan fingerprint density at radius 1 is 1.06 bits per heavy atom. The lowest BCUT2D eigenvalue weighted by molar-refractivity contribution is -0.121. The third-order valence-electron chi connectivity index (χ3n) is 5.64. The highest BCUT2D eigenvalue weighted by Gasteiger charge is 2.33.